The standard InChI is InChI=1S/C12H18O4/c1-12(2,15)11(14)9-3-5-10(6-4-9)16-8-7-13/h3-6,11,13-15H,7-8H2,1-2H3. The number of aliphatic hydroxyl groups is 3. The first-order valence-electron chi connectivity index (χ1n) is 5.19. The molecule has 1 atom stereocenters. The summed E-state index contributed by atoms with van der Waals surface area (Å²) in [5, 5.41) is 28.0. The van der Waals surface area contributed by atoms with Crippen LogP contribution in [0.25, 0.3) is 0 Å². The molecular weight excluding hydrogens is 208 g/mol. The summed E-state index contributed by atoms with van der Waals surface area (Å²) >= 11 is 0. The van der Waals surface area contributed by atoms with E-state index < -0.39 is 11.7 Å². The van der Waals surface area contributed by atoms with Gasteiger partial charge in [-0.3, -0.25) is 0 Å². The lowest BCUT2D eigenvalue weighted by atomic mass is 9.95. The van der Waals surface area contributed by atoms with Crippen molar-refractivity contribution >= 4 is 0 Å². The van der Waals surface area contributed by atoms with Crippen molar-refractivity contribution in [1.82, 2.24) is 0 Å². The maximum Gasteiger partial charge on any atom is 0.119 e. The van der Waals surface area contributed by atoms with E-state index in [1.807, 2.05) is 0 Å². The van der Waals surface area contributed by atoms with Crippen LogP contribution in [0, 0.1) is 0 Å². The van der Waals surface area contributed by atoms with E-state index in [9.17, 15) is 10.2 Å². The van der Waals surface area contributed by atoms with E-state index in [0.717, 1.165) is 0 Å². The summed E-state index contributed by atoms with van der Waals surface area (Å²) in [6.07, 6.45) is -0.931. The first-order valence-corrected chi connectivity index (χ1v) is 5.19. The fourth-order valence-corrected chi connectivity index (χ4v) is 1.32. The Bertz CT molecular complexity index is 313. The van der Waals surface area contributed by atoms with E-state index in [1.54, 1.807) is 38.1 Å². The average molecular weight is 226 g/mol. The molecule has 0 aliphatic carbocycles. The lowest BCUT2D eigenvalue weighted by Gasteiger charge is -2.24. The van der Waals surface area contributed by atoms with Gasteiger partial charge in [-0.2, -0.15) is 0 Å². The van der Waals surface area contributed by atoms with E-state index in [0.29, 0.717) is 11.3 Å². The van der Waals surface area contributed by atoms with E-state index in [4.69, 9.17) is 9.84 Å². The van der Waals surface area contributed by atoms with Crippen LogP contribution in [-0.2, 0) is 0 Å². The van der Waals surface area contributed by atoms with Gasteiger partial charge >= 0.3 is 0 Å². The van der Waals surface area contributed by atoms with E-state index in [-0.39, 0.29) is 13.2 Å². The molecular formula is C12H18O4. The van der Waals surface area contributed by atoms with Crippen molar-refractivity contribution in [2.24, 2.45) is 0 Å². The highest BCUT2D eigenvalue weighted by Crippen LogP contribution is 2.26. The molecule has 0 aliphatic rings. The monoisotopic (exact) mass is 226 g/mol. The molecule has 3 N–H and O–H groups in total. The Morgan fingerprint density at radius 2 is 1.81 bits per heavy atom. The highest BCUT2D eigenvalue weighted by atomic mass is 16.5. The minimum Gasteiger partial charge on any atom is -0.491 e. The summed E-state index contributed by atoms with van der Waals surface area (Å²) in [6, 6.07) is 6.77. The second kappa shape index (κ2) is 5.30. The minimum atomic E-state index is -1.17. The summed E-state index contributed by atoms with van der Waals surface area (Å²) in [4.78, 5) is 0. The highest BCUT2D eigenvalue weighted by molar-refractivity contribution is 5.29. The summed E-state index contributed by atoms with van der Waals surface area (Å²) in [5.74, 6) is 0.626. The third-order valence-electron chi connectivity index (χ3n) is 2.23. The predicted molar refractivity (Wildman–Crippen MR) is 60.3 cm³/mol. The predicted octanol–water partition coefficient (Wildman–Crippen LogP) is 0.862. The molecule has 4 heteroatoms. The SMILES string of the molecule is CC(C)(O)C(O)c1ccc(OCCO)cc1. The van der Waals surface area contributed by atoms with Gasteiger partial charge in [0.2, 0.25) is 0 Å². The zero-order chi connectivity index (χ0) is 12.2. The lowest BCUT2D eigenvalue weighted by molar-refractivity contribution is -0.0497. The van der Waals surface area contributed by atoms with Crippen LogP contribution in [0.4, 0.5) is 0 Å². The number of ether oxygens (including phenoxy) is 1. The summed E-state index contributed by atoms with van der Waals surface area (Å²) in [6.45, 7) is 3.31. The molecule has 0 saturated carbocycles. The zero-order valence-corrected chi connectivity index (χ0v) is 9.55. The smallest absolute Gasteiger partial charge is 0.119 e. The number of aliphatic hydroxyl groups excluding tert-OH is 2. The lowest BCUT2D eigenvalue weighted by Crippen LogP contribution is -2.28. The summed E-state index contributed by atoms with van der Waals surface area (Å²) in [5.41, 5.74) is -0.545. The first-order chi connectivity index (χ1) is 7.45. The molecule has 0 heterocycles. The van der Waals surface area contributed by atoms with Crippen molar-refractivity contribution in [1.29, 1.82) is 0 Å². The van der Waals surface area contributed by atoms with Gasteiger partial charge in [-0.25, -0.2) is 0 Å². The maximum absolute atomic E-state index is 9.79. The molecule has 0 amide bonds. The second-order valence-corrected chi connectivity index (χ2v) is 4.20. The Balaban J connectivity index is 2.71. The Labute approximate surface area is 95.1 Å². The molecule has 0 saturated heterocycles. The van der Waals surface area contributed by atoms with Crippen molar-refractivity contribution in [3.05, 3.63) is 29.8 Å². The molecule has 1 aromatic rings. The third-order valence-corrected chi connectivity index (χ3v) is 2.23. The van der Waals surface area contributed by atoms with Gasteiger partial charge in [-0.1, -0.05) is 12.1 Å². The fourth-order valence-electron chi connectivity index (χ4n) is 1.32. The number of rotatable bonds is 5. The first kappa shape index (κ1) is 13.0. The van der Waals surface area contributed by atoms with Crippen LogP contribution < -0.4 is 4.74 Å². The van der Waals surface area contributed by atoms with E-state index in [1.165, 1.54) is 0 Å². The van der Waals surface area contributed by atoms with Crippen LogP contribution in [0.15, 0.2) is 24.3 Å². The number of hydrogen-bond donors (Lipinski definition) is 3. The molecule has 16 heavy (non-hydrogen) atoms. The van der Waals surface area contributed by atoms with Crippen molar-refractivity contribution in [3.63, 3.8) is 0 Å². The van der Waals surface area contributed by atoms with Crippen LogP contribution in [0.3, 0.4) is 0 Å². The van der Waals surface area contributed by atoms with Crippen molar-refractivity contribution < 1.29 is 20.1 Å². The molecule has 1 rings (SSSR count). The maximum atomic E-state index is 9.79. The van der Waals surface area contributed by atoms with Gasteiger partial charge in [-0.15, -0.1) is 0 Å². The second-order valence-electron chi connectivity index (χ2n) is 4.20. The Kier molecular flexibility index (Phi) is 4.29. The molecule has 0 spiro atoms. The van der Waals surface area contributed by atoms with Crippen molar-refractivity contribution in [2.45, 2.75) is 25.6 Å². The molecule has 0 aliphatic heterocycles. The van der Waals surface area contributed by atoms with Gasteiger partial charge in [0.05, 0.1) is 12.2 Å². The molecule has 0 bridgehead atoms. The van der Waals surface area contributed by atoms with Crippen LogP contribution in [0.1, 0.15) is 25.5 Å². The van der Waals surface area contributed by atoms with Gasteiger partial charge in [-0.05, 0) is 31.5 Å². The summed E-state index contributed by atoms with van der Waals surface area (Å²) in [7, 11) is 0. The molecule has 0 radical (unpaired) electrons. The molecule has 4 nitrogen and oxygen atoms in total. The third kappa shape index (κ3) is 3.48. The zero-order valence-electron chi connectivity index (χ0n) is 9.55. The molecule has 1 unspecified atom stereocenters. The largest absolute Gasteiger partial charge is 0.491 e. The van der Waals surface area contributed by atoms with Crippen LogP contribution in [0.5, 0.6) is 5.75 Å². The van der Waals surface area contributed by atoms with Gasteiger partial charge < -0.3 is 20.1 Å². The van der Waals surface area contributed by atoms with Crippen LogP contribution >= 0.6 is 0 Å². The Hall–Kier alpha value is -1.10. The van der Waals surface area contributed by atoms with Crippen molar-refractivity contribution in [2.75, 3.05) is 13.2 Å². The topological polar surface area (TPSA) is 69.9 Å². The van der Waals surface area contributed by atoms with Crippen LogP contribution in [0.2, 0.25) is 0 Å². The van der Waals surface area contributed by atoms with Crippen molar-refractivity contribution in [3.8, 4) is 5.75 Å². The quantitative estimate of drug-likeness (QED) is 0.696. The molecule has 0 aromatic heterocycles. The number of benzene rings is 1. The number of hydrogen-bond acceptors (Lipinski definition) is 4. The minimum absolute atomic E-state index is 0.0337. The molecule has 0 fully saturated rings. The molecule has 90 valence electrons. The fraction of sp³-hybridized carbons (Fsp3) is 0.500. The average Bonchev–Trinajstić information content (AvgIpc) is 2.25. The molecule has 1 aromatic carbocycles. The summed E-state index contributed by atoms with van der Waals surface area (Å²) < 4.78 is 5.18. The normalized spacial score (nSPS) is 13.6. The Morgan fingerprint density at radius 1 is 1.25 bits per heavy atom. The van der Waals surface area contributed by atoms with Gasteiger partial charge in [0, 0.05) is 0 Å². The van der Waals surface area contributed by atoms with Gasteiger partial charge in [0.25, 0.3) is 0 Å². The van der Waals surface area contributed by atoms with E-state index >= 15 is 0 Å². The van der Waals surface area contributed by atoms with E-state index in [2.05, 4.69) is 0 Å². The van der Waals surface area contributed by atoms with Gasteiger partial charge in [0.15, 0.2) is 0 Å². The van der Waals surface area contributed by atoms with Crippen LogP contribution in [-0.4, -0.2) is 34.1 Å². The highest BCUT2D eigenvalue weighted by Gasteiger charge is 2.25. The van der Waals surface area contributed by atoms with Gasteiger partial charge in [0.1, 0.15) is 18.5 Å². The Morgan fingerprint density at radius 3 is 2.25 bits per heavy atom.